The van der Waals surface area contributed by atoms with Gasteiger partial charge in [-0.05, 0) is 44.2 Å². The summed E-state index contributed by atoms with van der Waals surface area (Å²) in [7, 11) is -1.88. The fourth-order valence-electron chi connectivity index (χ4n) is 3.05. The van der Waals surface area contributed by atoms with Gasteiger partial charge in [0.1, 0.15) is 0 Å². The molecule has 10 nitrogen and oxygen atoms in total. The van der Waals surface area contributed by atoms with E-state index in [2.05, 4.69) is 19.7 Å². The van der Waals surface area contributed by atoms with Crippen LogP contribution in [0.15, 0.2) is 57.8 Å². The first-order valence-electron chi connectivity index (χ1n) is 9.88. The van der Waals surface area contributed by atoms with Crippen LogP contribution in [0.2, 0.25) is 0 Å². The van der Waals surface area contributed by atoms with Crippen molar-refractivity contribution in [2.45, 2.75) is 31.3 Å². The minimum absolute atomic E-state index is 0.0865. The Bertz CT molecular complexity index is 1220. The Balaban J connectivity index is 2.00. The molecule has 174 valence electrons. The highest BCUT2D eigenvalue weighted by molar-refractivity contribution is 7.89. The average Bonchev–Trinajstić information content (AvgIpc) is 3.30. The van der Waals surface area contributed by atoms with Crippen LogP contribution in [0.1, 0.15) is 40.5 Å². The van der Waals surface area contributed by atoms with Crippen molar-refractivity contribution in [1.29, 1.82) is 0 Å². The molecule has 0 spiro atoms. The third-order valence-electron chi connectivity index (χ3n) is 4.71. The summed E-state index contributed by atoms with van der Waals surface area (Å²) in [6, 6.07) is 12.1. The topological polar surface area (TPSA) is 129 Å². The normalized spacial score (nSPS) is 11.6. The van der Waals surface area contributed by atoms with Crippen molar-refractivity contribution >= 4 is 22.0 Å². The predicted molar refractivity (Wildman–Crippen MR) is 117 cm³/mol. The standard InChI is InChI=1S/C22H23N3O7S/c1-14(2)25(13-19-23-24-20(32-19)15-8-6-5-7-9-15)33(28,29)18-11-16(21(26)30-3)10-17(12-18)22(27)31-4/h5-12,14H,13H2,1-4H3. The molecule has 33 heavy (non-hydrogen) atoms. The number of esters is 2. The Morgan fingerprint density at radius 3 is 2.06 bits per heavy atom. The Kier molecular flexibility index (Phi) is 7.24. The van der Waals surface area contributed by atoms with Crippen LogP contribution in [0.25, 0.3) is 11.5 Å². The molecule has 0 unspecified atom stereocenters. The molecule has 0 atom stereocenters. The van der Waals surface area contributed by atoms with Gasteiger partial charge in [0.2, 0.25) is 21.8 Å². The SMILES string of the molecule is COC(=O)c1cc(C(=O)OC)cc(S(=O)(=O)N(Cc2nnc(-c3ccccc3)o2)C(C)C)c1. The van der Waals surface area contributed by atoms with E-state index in [-0.39, 0.29) is 34.3 Å². The van der Waals surface area contributed by atoms with Gasteiger partial charge in [0.15, 0.2) is 0 Å². The van der Waals surface area contributed by atoms with Gasteiger partial charge in [-0.25, -0.2) is 18.0 Å². The van der Waals surface area contributed by atoms with Gasteiger partial charge in [-0.1, -0.05) is 18.2 Å². The molecule has 0 aliphatic carbocycles. The van der Waals surface area contributed by atoms with E-state index in [0.717, 1.165) is 30.7 Å². The van der Waals surface area contributed by atoms with Crippen molar-refractivity contribution in [2.75, 3.05) is 14.2 Å². The van der Waals surface area contributed by atoms with Crippen molar-refractivity contribution in [3.8, 4) is 11.5 Å². The maximum Gasteiger partial charge on any atom is 0.337 e. The van der Waals surface area contributed by atoms with E-state index >= 15 is 0 Å². The molecular weight excluding hydrogens is 450 g/mol. The minimum Gasteiger partial charge on any atom is -0.465 e. The summed E-state index contributed by atoms with van der Waals surface area (Å²) in [6.07, 6.45) is 0. The van der Waals surface area contributed by atoms with Gasteiger partial charge < -0.3 is 13.9 Å². The van der Waals surface area contributed by atoms with E-state index in [1.54, 1.807) is 26.0 Å². The van der Waals surface area contributed by atoms with Crippen molar-refractivity contribution < 1.29 is 31.9 Å². The smallest absolute Gasteiger partial charge is 0.337 e. The van der Waals surface area contributed by atoms with Gasteiger partial charge in [0.05, 0.1) is 36.8 Å². The Labute approximate surface area is 191 Å². The lowest BCUT2D eigenvalue weighted by Gasteiger charge is -2.24. The largest absolute Gasteiger partial charge is 0.465 e. The van der Waals surface area contributed by atoms with Crippen LogP contribution in [0, 0.1) is 0 Å². The average molecular weight is 474 g/mol. The molecule has 0 saturated heterocycles. The quantitative estimate of drug-likeness (QED) is 0.453. The summed E-state index contributed by atoms with van der Waals surface area (Å²) in [5, 5.41) is 7.96. The summed E-state index contributed by atoms with van der Waals surface area (Å²) in [5.41, 5.74) is 0.488. The zero-order chi connectivity index (χ0) is 24.2. The second kappa shape index (κ2) is 9.92. The molecule has 0 radical (unpaired) electrons. The highest BCUT2D eigenvalue weighted by Gasteiger charge is 2.31. The molecule has 1 aromatic heterocycles. The lowest BCUT2D eigenvalue weighted by molar-refractivity contribution is 0.0598. The van der Waals surface area contributed by atoms with Gasteiger partial charge in [-0.15, -0.1) is 10.2 Å². The first-order chi connectivity index (χ1) is 15.7. The highest BCUT2D eigenvalue weighted by Crippen LogP contribution is 2.25. The van der Waals surface area contributed by atoms with Crippen molar-refractivity contribution in [2.24, 2.45) is 0 Å². The lowest BCUT2D eigenvalue weighted by atomic mass is 10.1. The summed E-state index contributed by atoms with van der Waals surface area (Å²) < 4.78 is 43.2. The maximum atomic E-state index is 13.5. The van der Waals surface area contributed by atoms with Crippen LogP contribution >= 0.6 is 0 Å². The third-order valence-corrected chi connectivity index (χ3v) is 6.71. The number of ether oxygens (including phenoxy) is 2. The molecular formula is C22H23N3O7S. The molecule has 2 aromatic carbocycles. The third kappa shape index (κ3) is 5.26. The predicted octanol–water partition coefficient (Wildman–Crippen LogP) is 2.91. The van der Waals surface area contributed by atoms with Gasteiger partial charge in [0, 0.05) is 11.6 Å². The summed E-state index contributed by atoms with van der Waals surface area (Å²) in [5.74, 6) is -1.24. The van der Waals surface area contributed by atoms with Gasteiger partial charge in [0.25, 0.3) is 0 Å². The Hall–Kier alpha value is -3.57. The number of carbonyl (C=O) groups is 2. The number of benzene rings is 2. The summed E-state index contributed by atoms with van der Waals surface area (Å²) in [4.78, 5) is 23.9. The van der Waals surface area contributed by atoms with Crippen LogP contribution in [0.4, 0.5) is 0 Å². The van der Waals surface area contributed by atoms with Crippen molar-refractivity contribution in [3.63, 3.8) is 0 Å². The Morgan fingerprint density at radius 1 is 0.970 bits per heavy atom. The summed E-state index contributed by atoms with van der Waals surface area (Å²) in [6.45, 7) is 3.14. The molecule has 11 heteroatoms. The number of carbonyl (C=O) groups excluding carboxylic acids is 2. The van der Waals surface area contributed by atoms with E-state index in [1.165, 1.54) is 6.07 Å². The van der Waals surface area contributed by atoms with Crippen LogP contribution in [0.3, 0.4) is 0 Å². The molecule has 3 rings (SSSR count). The number of methoxy groups -OCH3 is 2. The second-order valence-electron chi connectivity index (χ2n) is 7.24. The zero-order valence-electron chi connectivity index (χ0n) is 18.5. The molecule has 0 aliphatic heterocycles. The van der Waals surface area contributed by atoms with Crippen molar-refractivity contribution in [3.05, 3.63) is 65.5 Å². The van der Waals surface area contributed by atoms with E-state index < -0.39 is 28.0 Å². The molecule has 0 fully saturated rings. The number of rotatable bonds is 8. The molecule has 0 amide bonds. The number of aromatic nitrogens is 2. The fraction of sp³-hybridized carbons (Fsp3) is 0.273. The van der Waals surface area contributed by atoms with E-state index in [1.807, 2.05) is 18.2 Å². The lowest BCUT2D eigenvalue weighted by Crippen LogP contribution is -2.36. The number of sulfonamides is 1. The molecule has 1 heterocycles. The second-order valence-corrected chi connectivity index (χ2v) is 9.13. The van der Waals surface area contributed by atoms with Crippen LogP contribution < -0.4 is 0 Å². The first kappa shape index (κ1) is 24.1. The summed E-state index contributed by atoms with van der Waals surface area (Å²) >= 11 is 0. The van der Waals surface area contributed by atoms with Gasteiger partial charge in [-0.2, -0.15) is 4.31 Å². The van der Waals surface area contributed by atoms with Crippen LogP contribution in [-0.4, -0.2) is 55.1 Å². The van der Waals surface area contributed by atoms with Gasteiger partial charge in [-0.3, -0.25) is 0 Å². The number of nitrogens with zero attached hydrogens (tertiary/aromatic N) is 3. The zero-order valence-corrected chi connectivity index (χ0v) is 19.3. The first-order valence-corrected chi connectivity index (χ1v) is 11.3. The molecule has 0 bridgehead atoms. The molecule has 0 N–H and O–H groups in total. The highest BCUT2D eigenvalue weighted by atomic mass is 32.2. The monoisotopic (exact) mass is 473 g/mol. The molecule has 0 aliphatic rings. The van der Waals surface area contributed by atoms with E-state index in [9.17, 15) is 18.0 Å². The van der Waals surface area contributed by atoms with E-state index in [0.29, 0.717) is 5.56 Å². The van der Waals surface area contributed by atoms with Gasteiger partial charge >= 0.3 is 11.9 Å². The van der Waals surface area contributed by atoms with Crippen LogP contribution in [0.5, 0.6) is 0 Å². The number of hydrogen-bond donors (Lipinski definition) is 0. The number of hydrogen-bond acceptors (Lipinski definition) is 9. The Morgan fingerprint density at radius 2 is 1.55 bits per heavy atom. The minimum atomic E-state index is -4.19. The molecule has 3 aromatic rings. The molecule has 0 saturated carbocycles. The van der Waals surface area contributed by atoms with Crippen molar-refractivity contribution in [1.82, 2.24) is 14.5 Å². The maximum absolute atomic E-state index is 13.5. The fourth-order valence-corrected chi connectivity index (χ4v) is 4.71. The van der Waals surface area contributed by atoms with E-state index in [4.69, 9.17) is 4.42 Å². The van der Waals surface area contributed by atoms with Crippen LogP contribution in [-0.2, 0) is 26.0 Å².